The van der Waals surface area contributed by atoms with Crippen molar-refractivity contribution in [3.05, 3.63) is 70.5 Å². The third-order valence-corrected chi connectivity index (χ3v) is 5.21. The molecule has 0 aliphatic carbocycles. The van der Waals surface area contributed by atoms with E-state index in [0.717, 1.165) is 45.9 Å². The van der Waals surface area contributed by atoms with Gasteiger partial charge in [-0.05, 0) is 43.2 Å². The van der Waals surface area contributed by atoms with Crippen LogP contribution in [0.3, 0.4) is 0 Å². The Morgan fingerprint density at radius 1 is 1.11 bits per heavy atom. The van der Waals surface area contributed by atoms with Crippen molar-refractivity contribution in [3.63, 3.8) is 0 Å². The van der Waals surface area contributed by atoms with E-state index in [2.05, 4.69) is 22.2 Å². The number of rotatable bonds is 9. The fourth-order valence-corrected chi connectivity index (χ4v) is 3.59. The third kappa shape index (κ3) is 5.36. The van der Waals surface area contributed by atoms with E-state index in [-0.39, 0.29) is 0 Å². The molecule has 0 unspecified atom stereocenters. The molecular weight excluding hydrogens is 392 g/mol. The Hall–Kier alpha value is -2.31. The van der Waals surface area contributed by atoms with Gasteiger partial charge in [0.15, 0.2) is 5.82 Å². The standard InChI is InChI=1S/C21H23ClN4OS/c1-3-7-20-24-25-21(28-15-16-10-12-18(22)13-11-16)26(20)23-14-17-8-5-6-9-19(17)27-4-2/h5-6,8-14H,3-4,7,15H2,1-2H3/b23-14-. The molecular formula is C21H23ClN4OS. The molecule has 1 aromatic heterocycles. The molecule has 1 heterocycles. The van der Waals surface area contributed by atoms with Crippen LogP contribution < -0.4 is 4.74 Å². The molecule has 28 heavy (non-hydrogen) atoms. The smallest absolute Gasteiger partial charge is 0.212 e. The van der Waals surface area contributed by atoms with E-state index in [0.29, 0.717) is 6.61 Å². The van der Waals surface area contributed by atoms with Crippen molar-refractivity contribution in [1.82, 2.24) is 14.9 Å². The van der Waals surface area contributed by atoms with Gasteiger partial charge < -0.3 is 4.74 Å². The molecule has 7 heteroatoms. The van der Waals surface area contributed by atoms with Gasteiger partial charge in [-0.3, -0.25) is 0 Å². The number of aromatic nitrogens is 3. The van der Waals surface area contributed by atoms with E-state index in [9.17, 15) is 0 Å². The second kappa shape index (κ2) is 10.3. The Morgan fingerprint density at radius 3 is 2.64 bits per heavy atom. The molecule has 0 atom stereocenters. The summed E-state index contributed by atoms with van der Waals surface area (Å²) in [6.45, 7) is 4.70. The third-order valence-electron chi connectivity index (χ3n) is 3.96. The maximum absolute atomic E-state index is 5.96. The van der Waals surface area contributed by atoms with Gasteiger partial charge in [0.1, 0.15) is 5.75 Å². The number of ether oxygens (including phenoxy) is 1. The van der Waals surface area contributed by atoms with Gasteiger partial charge in [0.25, 0.3) is 0 Å². The zero-order valence-corrected chi connectivity index (χ0v) is 17.6. The Balaban J connectivity index is 1.82. The maximum Gasteiger partial charge on any atom is 0.212 e. The number of hydrogen-bond donors (Lipinski definition) is 0. The zero-order valence-electron chi connectivity index (χ0n) is 16.0. The molecule has 3 rings (SSSR count). The predicted molar refractivity (Wildman–Crippen MR) is 116 cm³/mol. The summed E-state index contributed by atoms with van der Waals surface area (Å²) in [5.41, 5.74) is 2.10. The largest absolute Gasteiger partial charge is 0.493 e. The van der Waals surface area contributed by atoms with E-state index in [1.165, 1.54) is 5.56 Å². The number of hydrogen-bond acceptors (Lipinski definition) is 5. The highest BCUT2D eigenvalue weighted by Gasteiger charge is 2.12. The summed E-state index contributed by atoms with van der Waals surface area (Å²) in [6.07, 6.45) is 3.60. The lowest BCUT2D eigenvalue weighted by Gasteiger charge is -2.07. The van der Waals surface area contributed by atoms with Crippen LogP contribution in [-0.2, 0) is 12.2 Å². The zero-order chi connectivity index (χ0) is 19.8. The monoisotopic (exact) mass is 414 g/mol. The Morgan fingerprint density at radius 2 is 1.89 bits per heavy atom. The van der Waals surface area contributed by atoms with Gasteiger partial charge in [-0.2, -0.15) is 9.78 Å². The predicted octanol–water partition coefficient (Wildman–Crippen LogP) is 5.46. The molecule has 0 amide bonds. The lowest BCUT2D eigenvalue weighted by atomic mass is 10.2. The topological polar surface area (TPSA) is 52.3 Å². The highest BCUT2D eigenvalue weighted by Crippen LogP contribution is 2.24. The highest BCUT2D eigenvalue weighted by atomic mass is 35.5. The fraction of sp³-hybridized carbons (Fsp3) is 0.286. The molecule has 0 N–H and O–H groups in total. The van der Waals surface area contributed by atoms with Gasteiger partial charge >= 0.3 is 0 Å². The molecule has 0 spiro atoms. The lowest BCUT2D eigenvalue weighted by Crippen LogP contribution is -2.01. The van der Waals surface area contributed by atoms with Gasteiger partial charge in [0.05, 0.1) is 12.8 Å². The molecule has 0 aliphatic rings. The number of nitrogens with zero attached hydrogens (tertiary/aromatic N) is 4. The van der Waals surface area contributed by atoms with E-state index < -0.39 is 0 Å². The second-order valence-electron chi connectivity index (χ2n) is 6.09. The first kappa shape index (κ1) is 20.4. The summed E-state index contributed by atoms with van der Waals surface area (Å²) in [7, 11) is 0. The first-order valence-electron chi connectivity index (χ1n) is 9.29. The molecule has 0 radical (unpaired) electrons. The summed E-state index contributed by atoms with van der Waals surface area (Å²) in [5.74, 6) is 2.44. The van der Waals surface area contributed by atoms with Crippen LogP contribution in [0.25, 0.3) is 0 Å². The molecule has 0 aliphatic heterocycles. The van der Waals surface area contributed by atoms with Crippen molar-refractivity contribution in [3.8, 4) is 5.75 Å². The quantitative estimate of drug-likeness (QED) is 0.344. The summed E-state index contributed by atoms with van der Waals surface area (Å²) < 4.78 is 7.51. The minimum atomic E-state index is 0.612. The van der Waals surface area contributed by atoms with Crippen LogP contribution in [0.2, 0.25) is 5.02 Å². The Kier molecular flexibility index (Phi) is 7.51. The Labute approximate surface area is 174 Å². The van der Waals surface area contributed by atoms with Crippen molar-refractivity contribution >= 4 is 29.6 Å². The number of thioether (sulfide) groups is 1. The van der Waals surface area contributed by atoms with Crippen LogP contribution in [0.5, 0.6) is 5.75 Å². The highest BCUT2D eigenvalue weighted by molar-refractivity contribution is 7.98. The van der Waals surface area contributed by atoms with Gasteiger partial charge in [-0.25, -0.2) is 0 Å². The van der Waals surface area contributed by atoms with Crippen molar-refractivity contribution in [1.29, 1.82) is 0 Å². The molecule has 0 saturated carbocycles. The maximum atomic E-state index is 5.96. The molecule has 5 nitrogen and oxygen atoms in total. The van der Waals surface area contributed by atoms with Gasteiger partial charge in [0, 0.05) is 22.8 Å². The molecule has 0 bridgehead atoms. The van der Waals surface area contributed by atoms with E-state index in [1.54, 1.807) is 18.0 Å². The van der Waals surface area contributed by atoms with Crippen molar-refractivity contribution in [2.24, 2.45) is 5.10 Å². The molecule has 0 saturated heterocycles. The van der Waals surface area contributed by atoms with Crippen molar-refractivity contribution in [2.45, 2.75) is 37.6 Å². The number of benzene rings is 2. The van der Waals surface area contributed by atoms with Gasteiger partial charge in [-0.15, -0.1) is 10.2 Å². The first-order valence-corrected chi connectivity index (χ1v) is 10.6. The number of aryl methyl sites for hydroxylation is 1. The van der Waals surface area contributed by atoms with Gasteiger partial charge in [-0.1, -0.05) is 54.6 Å². The molecule has 146 valence electrons. The van der Waals surface area contributed by atoms with Crippen LogP contribution in [0.15, 0.2) is 58.8 Å². The molecule has 0 fully saturated rings. The average molecular weight is 415 g/mol. The van der Waals surface area contributed by atoms with Crippen LogP contribution in [0.1, 0.15) is 37.2 Å². The first-order chi connectivity index (χ1) is 13.7. The SMILES string of the molecule is CCCc1nnc(SCc2ccc(Cl)cc2)n1/N=C\c1ccccc1OCC. The van der Waals surface area contributed by atoms with Crippen LogP contribution in [0, 0.1) is 0 Å². The van der Waals surface area contributed by atoms with Crippen LogP contribution in [-0.4, -0.2) is 27.7 Å². The van der Waals surface area contributed by atoms with Gasteiger partial charge in [0.2, 0.25) is 5.16 Å². The number of para-hydroxylation sites is 1. The van der Waals surface area contributed by atoms with E-state index in [1.807, 2.05) is 60.1 Å². The summed E-state index contributed by atoms with van der Waals surface area (Å²) in [6, 6.07) is 15.7. The summed E-state index contributed by atoms with van der Waals surface area (Å²) in [4.78, 5) is 0. The summed E-state index contributed by atoms with van der Waals surface area (Å²) >= 11 is 7.57. The number of halogens is 1. The van der Waals surface area contributed by atoms with Crippen LogP contribution in [0.4, 0.5) is 0 Å². The second-order valence-corrected chi connectivity index (χ2v) is 7.47. The van der Waals surface area contributed by atoms with E-state index in [4.69, 9.17) is 16.3 Å². The van der Waals surface area contributed by atoms with Crippen molar-refractivity contribution in [2.75, 3.05) is 6.61 Å². The van der Waals surface area contributed by atoms with E-state index >= 15 is 0 Å². The van der Waals surface area contributed by atoms with Crippen molar-refractivity contribution < 1.29 is 4.74 Å². The normalized spacial score (nSPS) is 11.2. The average Bonchev–Trinajstić information content (AvgIpc) is 3.09. The minimum Gasteiger partial charge on any atom is -0.493 e. The lowest BCUT2D eigenvalue weighted by molar-refractivity contribution is 0.340. The molecule has 3 aromatic rings. The molecule has 2 aromatic carbocycles. The van der Waals surface area contributed by atoms with Crippen LogP contribution >= 0.6 is 23.4 Å². The summed E-state index contributed by atoms with van der Waals surface area (Å²) in [5, 5.41) is 14.8. The Bertz CT molecular complexity index is 924. The fourth-order valence-electron chi connectivity index (χ4n) is 2.60. The minimum absolute atomic E-state index is 0.612.